The van der Waals surface area contributed by atoms with Crippen molar-refractivity contribution in [3.63, 3.8) is 0 Å². The van der Waals surface area contributed by atoms with Gasteiger partial charge in [0, 0.05) is 73.4 Å². The van der Waals surface area contributed by atoms with Gasteiger partial charge in [-0.1, -0.05) is 11.6 Å². The van der Waals surface area contributed by atoms with Gasteiger partial charge < -0.3 is 25.2 Å². The summed E-state index contributed by atoms with van der Waals surface area (Å²) in [5.41, 5.74) is 1.06. The van der Waals surface area contributed by atoms with Crippen LogP contribution in [0.5, 0.6) is 0 Å². The first-order valence-electron chi connectivity index (χ1n) is 13.8. The molecule has 3 aromatic rings. The number of anilines is 3. The highest BCUT2D eigenvalue weighted by Crippen LogP contribution is 2.39. The van der Waals surface area contributed by atoms with Crippen LogP contribution in [0.3, 0.4) is 0 Å². The zero-order valence-corrected chi connectivity index (χ0v) is 25.1. The fourth-order valence-electron chi connectivity index (χ4n) is 4.67. The Balaban J connectivity index is 1.32. The first-order chi connectivity index (χ1) is 20.2. The van der Waals surface area contributed by atoms with E-state index < -0.39 is 11.2 Å². The van der Waals surface area contributed by atoms with E-state index >= 15 is 0 Å². The summed E-state index contributed by atoms with van der Waals surface area (Å²) in [6.45, 7) is 6.84. The third-order valence-electron chi connectivity index (χ3n) is 7.43. The third-order valence-corrected chi connectivity index (χ3v) is 9.02. The number of cyclic esters (lactones) is 1. The molecule has 13 heteroatoms. The normalized spacial score (nSPS) is 19.5. The number of nitrogens with one attached hydrogen (secondary N) is 2. The van der Waals surface area contributed by atoms with Crippen molar-refractivity contribution < 1.29 is 18.7 Å². The van der Waals surface area contributed by atoms with Gasteiger partial charge in [-0.25, -0.2) is 9.37 Å². The minimum absolute atomic E-state index is 0.115. The molecule has 10 nitrogen and oxygen atoms in total. The first-order valence-corrected chi connectivity index (χ1v) is 15.1. The van der Waals surface area contributed by atoms with E-state index in [4.69, 9.17) is 16.3 Å². The number of thioether (sulfide) groups is 1. The molecule has 0 bridgehead atoms. The standard InChI is InChI=1S/C29H33ClFN7O3S/c1-29(7-14-41-28(29)40)18-42-27-24(17-23(35-36-27)21-15-19(30)3-4-22(21)31)33-20-5-8-32-25(16-20)34-26(39)6-9-38-12-10-37(2)11-13-38/h3-5,8,15-17H,6-7,9-14,18H2,1-2H3,(H2,32,33,34,35,39). The lowest BCUT2D eigenvalue weighted by Gasteiger charge is -2.32. The fourth-order valence-corrected chi connectivity index (χ4v) is 5.93. The van der Waals surface area contributed by atoms with Crippen molar-refractivity contribution in [2.24, 2.45) is 5.41 Å². The molecule has 1 aromatic carbocycles. The Bertz CT molecular complexity index is 1460. The zero-order chi connectivity index (χ0) is 29.7. The Labute approximate surface area is 253 Å². The van der Waals surface area contributed by atoms with Gasteiger partial charge in [0.05, 0.1) is 23.4 Å². The number of pyridine rings is 1. The van der Waals surface area contributed by atoms with Crippen molar-refractivity contribution in [3.05, 3.63) is 53.4 Å². The molecule has 0 aliphatic carbocycles. The van der Waals surface area contributed by atoms with Gasteiger partial charge in [0.2, 0.25) is 5.91 Å². The Morgan fingerprint density at radius 1 is 1.17 bits per heavy atom. The molecule has 4 heterocycles. The maximum absolute atomic E-state index is 14.7. The molecule has 222 valence electrons. The van der Waals surface area contributed by atoms with Crippen molar-refractivity contribution in [1.82, 2.24) is 25.0 Å². The minimum atomic E-state index is -0.639. The molecule has 2 aliphatic rings. The van der Waals surface area contributed by atoms with Crippen LogP contribution in [0.4, 0.5) is 21.6 Å². The molecule has 2 fully saturated rings. The van der Waals surface area contributed by atoms with Crippen LogP contribution >= 0.6 is 23.4 Å². The average molecular weight is 614 g/mol. The van der Waals surface area contributed by atoms with Crippen molar-refractivity contribution in [2.45, 2.75) is 24.8 Å². The molecule has 42 heavy (non-hydrogen) atoms. The van der Waals surface area contributed by atoms with Crippen LogP contribution in [-0.4, -0.2) is 89.0 Å². The Morgan fingerprint density at radius 3 is 2.74 bits per heavy atom. The van der Waals surface area contributed by atoms with E-state index in [2.05, 4.69) is 42.7 Å². The van der Waals surface area contributed by atoms with Crippen LogP contribution < -0.4 is 10.6 Å². The van der Waals surface area contributed by atoms with Crippen LogP contribution in [0.25, 0.3) is 11.3 Å². The van der Waals surface area contributed by atoms with E-state index in [1.807, 2.05) is 6.92 Å². The number of likely N-dealkylation sites (N-methyl/N-ethyl adjacent to an activating group) is 1. The number of nitrogens with zero attached hydrogens (tertiary/aromatic N) is 5. The van der Waals surface area contributed by atoms with Gasteiger partial charge in [-0.05, 0) is 50.7 Å². The van der Waals surface area contributed by atoms with Crippen LogP contribution in [0.2, 0.25) is 5.02 Å². The number of carbonyl (C=O) groups excluding carboxylic acids is 2. The molecular formula is C29H33ClFN7O3S. The van der Waals surface area contributed by atoms with Gasteiger partial charge >= 0.3 is 5.97 Å². The summed E-state index contributed by atoms with van der Waals surface area (Å²) in [4.78, 5) is 33.8. The van der Waals surface area contributed by atoms with Gasteiger partial charge in [-0.3, -0.25) is 9.59 Å². The molecule has 1 amide bonds. The number of carbonyl (C=O) groups is 2. The number of ether oxygens (including phenoxy) is 1. The second-order valence-electron chi connectivity index (χ2n) is 10.8. The monoisotopic (exact) mass is 613 g/mol. The number of hydrogen-bond acceptors (Lipinski definition) is 10. The van der Waals surface area contributed by atoms with Crippen LogP contribution in [0.1, 0.15) is 19.8 Å². The van der Waals surface area contributed by atoms with Crippen LogP contribution in [0, 0.1) is 11.2 Å². The number of amides is 1. The van der Waals surface area contributed by atoms with E-state index in [0.717, 1.165) is 26.2 Å². The molecular weight excluding hydrogens is 581 g/mol. The van der Waals surface area contributed by atoms with Crippen molar-refractivity contribution >= 4 is 52.4 Å². The van der Waals surface area contributed by atoms with Gasteiger partial charge in [0.25, 0.3) is 0 Å². The molecule has 2 aliphatic heterocycles. The Hall–Kier alpha value is -3.32. The number of benzene rings is 1. The van der Waals surface area contributed by atoms with Crippen LogP contribution in [-0.2, 0) is 14.3 Å². The number of hydrogen-bond donors (Lipinski definition) is 2. The predicted molar refractivity (Wildman–Crippen MR) is 162 cm³/mol. The highest BCUT2D eigenvalue weighted by Gasteiger charge is 2.40. The fraction of sp³-hybridized carbons (Fsp3) is 0.414. The number of piperazine rings is 1. The molecule has 5 rings (SSSR count). The minimum Gasteiger partial charge on any atom is -0.465 e. The largest absolute Gasteiger partial charge is 0.465 e. The van der Waals surface area contributed by atoms with Crippen LogP contribution in [0.15, 0.2) is 47.6 Å². The van der Waals surface area contributed by atoms with Crippen molar-refractivity contribution in [2.75, 3.05) is 62.8 Å². The van der Waals surface area contributed by atoms with E-state index in [1.54, 1.807) is 24.4 Å². The van der Waals surface area contributed by atoms with Crippen molar-refractivity contribution in [3.8, 4) is 11.3 Å². The van der Waals surface area contributed by atoms with Crippen molar-refractivity contribution in [1.29, 1.82) is 0 Å². The van der Waals surface area contributed by atoms with Gasteiger partial charge in [-0.2, -0.15) is 0 Å². The van der Waals surface area contributed by atoms with E-state index in [-0.39, 0.29) is 17.4 Å². The number of esters is 1. The highest BCUT2D eigenvalue weighted by molar-refractivity contribution is 7.99. The average Bonchev–Trinajstić information content (AvgIpc) is 3.31. The number of rotatable bonds is 10. The Morgan fingerprint density at radius 2 is 1.98 bits per heavy atom. The topological polar surface area (TPSA) is 113 Å². The molecule has 1 atom stereocenters. The molecule has 2 N–H and O–H groups in total. The Kier molecular flexibility index (Phi) is 9.57. The second kappa shape index (κ2) is 13.3. The maximum Gasteiger partial charge on any atom is 0.312 e. The van der Waals surface area contributed by atoms with Gasteiger partial charge in [0.1, 0.15) is 16.7 Å². The zero-order valence-electron chi connectivity index (χ0n) is 23.5. The summed E-state index contributed by atoms with van der Waals surface area (Å²) in [5.74, 6) is 0.00656. The smallest absolute Gasteiger partial charge is 0.312 e. The quantitative estimate of drug-likeness (QED) is 0.247. The predicted octanol–water partition coefficient (Wildman–Crippen LogP) is 4.70. The molecule has 2 saturated heterocycles. The molecule has 1 unspecified atom stereocenters. The summed E-state index contributed by atoms with van der Waals surface area (Å²) in [5, 5.41) is 15.7. The molecule has 0 radical (unpaired) electrons. The highest BCUT2D eigenvalue weighted by atomic mass is 35.5. The molecule has 0 saturated carbocycles. The van der Waals surface area contributed by atoms with E-state index in [1.165, 1.54) is 30.0 Å². The lowest BCUT2D eigenvalue weighted by atomic mass is 9.92. The molecule has 0 spiro atoms. The lowest BCUT2D eigenvalue weighted by Crippen LogP contribution is -2.45. The summed E-state index contributed by atoms with van der Waals surface area (Å²) in [6, 6.07) is 9.41. The third kappa shape index (κ3) is 7.54. The van der Waals surface area contributed by atoms with Gasteiger partial charge in [0.15, 0.2) is 0 Å². The summed E-state index contributed by atoms with van der Waals surface area (Å²) >= 11 is 7.49. The van der Waals surface area contributed by atoms with E-state index in [0.29, 0.717) is 64.7 Å². The number of aromatic nitrogens is 3. The summed E-state index contributed by atoms with van der Waals surface area (Å²) in [6.07, 6.45) is 2.57. The lowest BCUT2D eigenvalue weighted by molar-refractivity contribution is -0.144. The SMILES string of the molecule is CN1CCN(CCC(=O)Nc2cc(Nc3cc(-c4cc(Cl)ccc4F)nnc3SCC3(C)CCOC3=O)ccn2)CC1. The summed E-state index contributed by atoms with van der Waals surface area (Å²) < 4.78 is 19.9. The van der Waals surface area contributed by atoms with E-state index in [9.17, 15) is 14.0 Å². The first kappa shape index (κ1) is 30.1. The summed E-state index contributed by atoms with van der Waals surface area (Å²) in [7, 11) is 2.10. The second-order valence-corrected chi connectivity index (χ2v) is 12.2. The van der Waals surface area contributed by atoms with Gasteiger partial charge in [-0.15, -0.1) is 22.0 Å². The molecule has 2 aromatic heterocycles. The maximum atomic E-state index is 14.7. The number of halogens is 2.